The van der Waals surface area contributed by atoms with E-state index in [-0.39, 0.29) is 5.97 Å². The molecule has 1 aromatic heterocycles. The number of alkyl halides is 1. The number of esters is 1. The van der Waals surface area contributed by atoms with Crippen molar-refractivity contribution in [1.29, 1.82) is 0 Å². The fourth-order valence-corrected chi connectivity index (χ4v) is 2.36. The summed E-state index contributed by atoms with van der Waals surface area (Å²) in [6.07, 6.45) is 0.304. The molecule has 0 N–H and O–H groups in total. The van der Waals surface area contributed by atoms with Gasteiger partial charge in [-0.25, -0.2) is 4.98 Å². The molecule has 0 saturated heterocycles. The molecule has 2 rings (SSSR count). The van der Waals surface area contributed by atoms with Crippen molar-refractivity contribution in [3.8, 4) is 0 Å². The van der Waals surface area contributed by atoms with Gasteiger partial charge in [0.2, 0.25) is 0 Å². The van der Waals surface area contributed by atoms with Crippen LogP contribution in [0.15, 0.2) is 22.7 Å². The summed E-state index contributed by atoms with van der Waals surface area (Å²) in [6.45, 7) is 0.516. The zero-order valence-corrected chi connectivity index (χ0v) is 12.2. The van der Waals surface area contributed by atoms with E-state index in [2.05, 4.69) is 25.7 Å². The van der Waals surface area contributed by atoms with Crippen molar-refractivity contribution in [3.63, 3.8) is 0 Å². The highest BCUT2D eigenvalue weighted by Crippen LogP contribution is 2.22. The van der Waals surface area contributed by atoms with E-state index >= 15 is 0 Å². The summed E-state index contributed by atoms with van der Waals surface area (Å²) in [5.41, 5.74) is 1.84. The summed E-state index contributed by atoms with van der Waals surface area (Å²) in [7, 11) is 1.38. The van der Waals surface area contributed by atoms with Crippen molar-refractivity contribution in [3.05, 3.63) is 28.5 Å². The Morgan fingerprint density at radius 2 is 2.33 bits per heavy atom. The first-order valence-corrected chi connectivity index (χ1v) is 6.76. The van der Waals surface area contributed by atoms with Crippen LogP contribution in [-0.2, 0) is 22.0 Å². The third-order valence-corrected chi connectivity index (χ3v) is 3.41. The van der Waals surface area contributed by atoms with Gasteiger partial charge < -0.3 is 9.30 Å². The number of fused-ring (bicyclic) bond motifs is 1. The second kappa shape index (κ2) is 5.71. The highest BCUT2D eigenvalue weighted by molar-refractivity contribution is 9.10. The molecule has 0 aliphatic carbocycles. The Morgan fingerprint density at radius 3 is 3.00 bits per heavy atom. The van der Waals surface area contributed by atoms with E-state index in [1.165, 1.54) is 7.11 Å². The number of imidazole rings is 1. The van der Waals surface area contributed by atoms with Crippen LogP contribution in [0.3, 0.4) is 0 Å². The first-order valence-electron chi connectivity index (χ1n) is 5.43. The lowest BCUT2D eigenvalue weighted by atomic mass is 10.3. The van der Waals surface area contributed by atoms with Crippen molar-refractivity contribution in [2.24, 2.45) is 0 Å². The second-order valence-electron chi connectivity index (χ2n) is 3.77. The minimum Gasteiger partial charge on any atom is -0.469 e. The van der Waals surface area contributed by atoms with Crippen LogP contribution in [-0.4, -0.2) is 22.6 Å². The molecule has 0 fully saturated rings. The van der Waals surface area contributed by atoms with Gasteiger partial charge in [-0.15, -0.1) is 11.6 Å². The number of carbonyl (C=O) groups excluding carboxylic acids is 1. The molecule has 4 nitrogen and oxygen atoms in total. The minimum atomic E-state index is -0.243. The summed E-state index contributed by atoms with van der Waals surface area (Å²) in [4.78, 5) is 15.6. The SMILES string of the molecule is COC(=O)CCn1c(CCl)nc2ccc(Br)cc21. The van der Waals surface area contributed by atoms with Crippen LogP contribution in [0.4, 0.5) is 0 Å². The highest BCUT2D eigenvalue weighted by atomic mass is 79.9. The monoisotopic (exact) mass is 330 g/mol. The maximum absolute atomic E-state index is 11.2. The van der Waals surface area contributed by atoms with Gasteiger partial charge >= 0.3 is 5.97 Å². The molecule has 0 atom stereocenters. The number of hydrogen-bond acceptors (Lipinski definition) is 3. The van der Waals surface area contributed by atoms with E-state index in [4.69, 9.17) is 11.6 Å². The molecule has 0 aliphatic rings. The number of ether oxygens (including phenoxy) is 1. The predicted molar refractivity (Wildman–Crippen MR) is 73.6 cm³/mol. The predicted octanol–water partition coefficient (Wildman–Crippen LogP) is 3.10. The van der Waals surface area contributed by atoms with Crippen LogP contribution < -0.4 is 0 Å². The number of aromatic nitrogens is 2. The smallest absolute Gasteiger partial charge is 0.307 e. The number of halogens is 2. The van der Waals surface area contributed by atoms with Gasteiger partial charge in [-0.05, 0) is 18.2 Å². The summed E-state index contributed by atoms with van der Waals surface area (Å²) >= 11 is 9.31. The molecular formula is C12H12BrClN2O2. The van der Waals surface area contributed by atoms with Gasteiger partial charge in [-0.3, -0.25) is 4.79 Å². The Labute approximate surface area is 118 Å². The maximum Gasteiger partial charge on any atom is 0.307 e. The van der Waals surface area contributed by atoms with E-state index < -0.39 is 0 Å². The lowest BCUT2D eigenvalue weighted by Gasteiger charge is -2.06. The normalized spacial score (nSPS) is 10.8. The van der Waals surface area contributed by atoms with Crippen LogP contribution >= 0.6 is 27.5 Å². The number of aryl methyl sites for hydroxylation is 1. The van der Waals surface area contributed by atoms with Crippen LogP contribution in [0.5, 0.6) is 0 Å². The zero-order valence-electron chi connectivity index (χ0n) is 9.82. The molecule has 0 aliphatic heterocycles. The minimum absolute atomic E-state index is 0.243. The van der Waals surface area contributed by atoms with Gasteiger partial charge in [0.1, 0.15) is 5.82 Å². The molecule has 2 aromatic rings. The average molecular weight is 332 g/mol. The van der Waals surface area contributed by atoms with Crippen molar-refractivity contribution >= 4 is 44.5 Å². The van der Waals surface area contributed by atoms with Crippen LogP contribution in [0.2, 0.25) is 0 Å². The number of rotatable bonds is 4. The Bertz CT molecular complexity index is 583. The molecule has 18 heavy (non-hydrogen) atoms. The number of methoxy groups -OCH3 is 1. The molecule has 0 unspecified atom stereocenters. The highest BCUT2D eigenvalue weighted by Gasteiger charge is 2.11. The Balaban J connectivity index is 2.39. The summed E-state index contributed by atoms with van der Waals surface area (Å²) < 4.78 is 7.56. The second-order valence-corrected chi connectivity index (χ2v) is 4.96. The third-order valence-electron chi connectivity index (χ3n) is 2.68. The van der Waals surface area contributed by atoms with Crippen molar-refractivity contribution in [2.45, 2.75) is 18.8 Å². The van der Waals surface area contributed by atoms with Crippen molar-refractivity contribution in [1.82, 2.24) is 9.55 Å². The quantitative estimate of drug-likeness (QED) is 0.639. The average Bonchev–Trinajstić information content (AvgIpc) is 2.73. The van der Waals surface area contributed by atoms with E-state index in [1.807, 2.05) is 22.8 Å². The lowest BCUT2D eigenvalue weighted by Crippen LogP contribution is -2.09. The van der Waals surface area contributed by atoms with Gasteiger partial charge in [0.05, 0.1) is 30.4 Å². The Morgan fingerprint density at radius 1 is 1.56 bits per heavy atom. The maximum atomic E-state index is 11.2. The number of carbonyl (C=O) groups is 1. The van der Waals surface area contributed by atoms with E-state index in [0.717, 1.165) is 21.3 Å². The fraction of sp³-hybridized carbons (Fsp3) is 0.333. The Kier molecular flexibility index (Phi) is 4.24. The summed E-state index contributed by atoms with van der Waals surface area (Å²) in [5, 5.41) is 0. The molecule has 6 heteroatoms. The molecule has 0 bridgehead atoms. The molecular weight excluding hydrogens is 320 g/mol. The van der Waals surface area contributed by atoms with Gasteiger partial charge in [-0.1, -0.05) is 15.9 Å². The van der Waals surface area contributed by atoms with Gasteiger partial charge in [0, 0.05) is 11.0 Å². The van der Waals surface area contributed by atoms with Crippen LogP contribution in [0.25, 0.3) is 11.0 Å². The third kappa shape index (κ3) is 2.67. The molecule has 1 aromatic carbocycles. The van der Waals surface area contributed by atoms with Crippen molar-refractivity contribution < 1.29 is 9.53 Å². The van der Waals surface area contributed by atoms with Crippen LogP contribution in [0.1, 0.15) is 12.2 Å². The van der Waals surface area contributed by atoms with Crippen molar-refractivity contribution in [2.75, 3.05) is 7.11 Å². The van der Waals surface area contributed by atoms with Crippen LogP contribution in [0, 0.1) is 0 Å². The van der Waals surface area contributed by atoms with Gasteiger partial charge in [0.25, 0.3) is 0 Å². The molecule has 0 saturated carbocycles. The van der Waals surface area contributed by atoms with Gasteiger partial charge in [0.15, 0.2) is 0 Å². The molecule has 1 heterocycles. The summed E-state index contributed by atoms with van der Waals surface area (Å²) in [6, 6.07) is 5.82. The lowest BCUT2D eigenvalue weighted by molar-refractivity contribution is -0.140. The largest absolute Gasteiger partial charge is 0.469 e. The Hall–Kier alpha value is -1.07. The first kappa shape index (κ1) is 13.4. The fourth-order valence-electron chi connectivity index (χ4n) is 1.80. The van der Waals surface area contributed by atoms with E-state index in [9.17, 15) is 4.79 Å². The number of benzene rings is 1. The molecule has 96 valence electrons. The van der Waals surface area contributed by atoms with E-state index in [0.29, 0.717) is 18.8 Å². The molecule has 0 amide bonds. The molecule has 0 spiro atoms. The first-order chi connectivity index (χ1) is 8.65. The summed E-state index contributed by atoms with van der Waals surface area (Å²) in [5.74, 6) is 0.828. The van der Waals surface area contributed by atoms with E-state index in [1.54, 1.807) is 0 Å². The zero-order chi connectivity index (χ0) is 13.1. The molecule has 0 radical (unpaired) electrons. The topological polar surface area (TPSA) is 44.1 Å². The number of hydrogen-bond donors (Lipinski definition) is 0. The number of nitrogens with zero attached hydrogens (tertiary/aromatic N) is 2. The van der Waals surface area contributed by atoms with Gasteiger partial charge in [-0.2, -0.15) is 0 Å². The standard InChI is InChI=1S/C12H12BrClN2O2/c1-18-12(17)4-5-16-10-6-8(13)2-3-9(10)15-11(16)7-14/h2-3,6H,4-5,7H2,1H3.